The van der Waals surface area contributed by atoms with Gasteiger partial charge >= 0.3 is 6.09 Å². The zero-order valence-electron chi connectivity index (χ0n) is 10.8. The molecule has 0 bridgehead atoms. The highest BCUT2D eigenvalue weighted by atomic mass is 16.6. The van der Waals surface area contributed by atoms with E-state index < -0.39 is 23.9 Å². The third-order valence-electron chi connectivity index (χ3n) is 2.16. The largest absolute Gasteiger partial charge is 0.444 e. The number of hydrogen-bond donors (Lipinski definition) is 4. The summed E-state index contributed by atoms with van der Waals surface area (Å²) in [5, 5.41) is 21.8. The van der Waals surface area contributed by atoms with E-state index in [0.717, 1.165) is 0 Å². The highest BCUT2D eigenvalue weighted by Gasteiger charge is 2.21. The Labute approximate surface area is 106 Å². The van der Waals surface area contributed by atoms with Crippen molar-refractivity contribution in [2.24, 2.45) is 0 Å². The van der Waals surface area contributed by atoms with Crippen molar-refractivity contribution in [3.8, 4) is 0 Å². The van der Waals surface area contributed by atoms with Crippen LogP contribution in [0.2, 0.25) is 0 Å². The molecule has 0 spiro atoms. The van der Waals surface area contributed by atoms with Crippen LogP contribution in [-0.4, -0.2) is 39.5 Å². The van der Waals surface area contributed by atoms with E-state index in [0.29, 0.717) is 5.69 Å². The molecule has 0 radical (unpaired) electrons. The molecule has 0 saturated heterocycles. The van der Waals surface area contributed by atoms with E-state index >= 15 is 0 Å². The minimum atomic E-state index is -1.10. The minimum absolute atomic E-state index is 0.0882. The fourth-order valence-electron chi connectivity index (χ4n) is 1.35. The van der Waals surface area contributed by atoms with Gasteiger partial charge in [-0.05, 0) is 32.9 Å². The van der Waals surface area contributed by atoms with E-state index in [1.165, 1.54) is 0 Å². The van der Waals surface area contributed by atoms with E-state index in [4.69, 9.17) is 4.74 Å². The molecule has 0 saturated carbocycles. The van der Waals surface area contributed by atoms with Crippen molar-refractivity contribution in [3.63, 3.8) is 0 Å². The number of nitrogens with one attached hydrogen (secondary N) is 2. The van der Waals surface area contributed by atoms with Crippen LogP contribution in [-0.2, 0) is 4.74 Å². The number of aromatic amines is 1. The van der Waals surface area contributed by atoms with Crippen molar-refractivity contribution in [1.82, 2.24) is 10.3 Å². The highest BCUT2D eigenvalue weighted by molar-refractivity contribution is 5.67. The Morgan fingerprint density at radius 3 is 2.67 bits per heavy atom. The second-order valence-electron chi connectivity index (χ2n) is 5.02. The lowest BCUT2D eigenvalue weighted by Crippen LogP contribution is -2.38. The summed E-state index contributed by atoms with van der Waals surface area (Å²) >= 11 is 0. The lowest BCUT2D eigenvalue weighted by molar-refractivity contribution is 0.0111. The van der Waals surface area contributed by atoms with E-state index in [2.05, 4.69) is 10.3 Å². The molecule has 2 atom stereocenters. The predicted molar refractivity (Wildman–Crippen MR) is 66.0 cm³/mol. The number of carbonyl (C=O) groups excluding carboxylic acids is 1. The van der Waals surface area contributed by atoms with Crippen LogP contribution in [0.4, 0.5) is 4.79 Å². The van der Waals surface area contributed by atoms with Crippen LogP contribution < -0.4 is 5.32 Å². The van der Waals surface area contributed by atoms with Crippen molar-refractivity contribution in [2.75, 3.05) is 6.54 Å². The molecule has 1 amide bonds. The summed E-state index contributed by atoms with van der Waals surface area (Å²) in [6.45, 7) is 5.15. The molecule has 4 N–H and O–H groups in total. The van der Waals surface area contributed by atoms with Gasteiger partial charge in [0.05, 0.1) is 0 Å². The van der Waals surface area contributed by atoms with Crippen LogP contribution in [0, 0.1) is 0 Å². The van der Waals surface area contributed by atoms with Gasteiger partial charge in [-0.2, -0.15) is 0 Å². The smallest absolute Gasteiger partial charge is 0.407 e. The standard InChI is InChI=1S/C12H20N2O4/c1-12(2,3)18-11(17)14-7-9(15)10(16)8-5-4-6-13-8/h4-6,9-10,13,15-16H,7H2,1-3H3,(H,14,17). The first kappa shape index (κ1) is 14.5. The molecular formula is C12H20N2O4. The summed E-state index contributed by atoms with van der Waals surface area (Å²) in [7, 11) is 0. The number of rotatable bonds is 4. The molecule has 1 rings (SSSR count). The van der Waals surface area contributed by atoms with E-state index in [9.17, 15) is 15.0 Å². The molecule has 1 heterocycles. The van der Waals surface area contributed by atoms with Crippen molar-refractivity contribution < 1.29 is 19.7 Å². The Morgan fingerprint density at radius 2 is 2.17 bits per heavy atom. The van der Waals surface area contributed by atoms with E-state index in [1.807, 2.05) is 0 Å². The number of ether oxygens (including phenoxy) is 1. The Hall–Kier alpha value is -1.53. The quantitative estimate of drug-likeness (QED) is 0.644. The van der Waals surface area contributed by atoms with Gasteiger partial charge in [-0.15, -0.1) is 0 Å². The summed E-state index contributed by atoms with van der Waals surface area (Å²) < 4.78 is 5.01. The number of alkyl carbamates (subject to hydrolysis) is 1. The van der Waals surface area contributed by atoms with Crippen LogP contribution in [0.3, 0.4) is 0 Å². The van der Waals surface area contributed by atoms with Gasteiger partial charge in [0, 0.05) is 18.4 Å². The molecule has 1 aromatic rings. The van der Waals surface area contributed by atoms with Crippen LogP contribution in [0.5, 0.6) is 0 Å². The Kier molecular flexibility index (Phi) is 4.75. The molecule has 6 heteroatoms. The minimum Gasteiger partial charge on any atom is -0.444 e. The molecule has 18 heavy (non-hydrogen) atoms. The maximum Gasteiger partial charge on any atom is 0.407 e. The maximum absolute atomic E-state index is 11.3. The van der Waals surface area contributed by atoms with E-state index in [-0.39, 0.29) is 6.54 Å². The molecule has 6 nitrogen and oxygen atoms in total. The topological polar surface area (TPSA) is 94.6 Å². The number of amides is 1. The Balaban J connectivity index is 2.37. The molecule has 102 valence electrons. The summed E-state index contributed by atoms with van der Waals surface area (Å²) in [6.07, 6.45) is -1.15. The average molecular weight is 256 g/mol. The first-order chi connectivity index (χ1) is 8.29. The van der Waals surface area contributed by atoms with Crippen molar-refractivity contribution >= 4 is 6.09 Å². The van der Waals surface area contributed by atoms with Crippen LogP contribution in [0.1, 0.15) is 32.6 Å². The van der Waals surface area contributed by atoms with Gasteiger partial charge in [-0.1, -0.05) is 0 Å². The lowest BCUT2D eigenvalue weighted by Gasteiger charge is -2.21. The predicted octanol–water partition coefficient (Wildman–Crippen LogP) is 0.934. The molecule has 0 aliphatic heterocycles. The number of carbonyl (C=O) groups is 1. The van der Waals surface area contributed by atoms with Gasteiger partial charge in [0.2, 0.25) is 0 Å². The van der Waals surface area contributed by atoms with Gasteiger partial charge in [-0.25, -0.2) is 4.79 Å². The third-order valence-corrected chi connectivity index (χ3v) is 2.16. The Morgan fingerprint density at radius 1 is 1.50 bits per heavy atom. The molecule has 0 aromatic carbocycles. The van der Waals surface area contributed by atoms with Gasteiger partial charge in [0.15, 0.2) is 0 Å². The fourth-order valence-corrected chi connectivity index (χ4v) is 1.35. The Bertz CT molecular complexity index is 370. The number of aliphatic hydroxyl groups is 2. The lowest BCUT2D eigenvalue weighted by atomic mass is 10.1. The molecule has 2 unspecified atom stereocenters. The zero-order chi connectivity index (χ0) is 13.8. The second kappa shape index (κ2) is 5.88. The fraction of sp³-hybridized carbons (Fsp3) is 0.583. The second-order valence-corrected chi connectivity index (χ2v) is 5.02. The monoisotopic (exact) mass is 256 g/mol. The first-order valence-corrected chi connectivity index (χ1v) is 5.76. The normalized spacial score (nSPS) is 14.9. The highest BCUT2D eigenvalue weighted by Crippen LogP contribution is 2.14. The van der Waals surface area contributed by atoms with E-state index in [1.54, 1.807) is 39.1 Å². The van der Waals surface area contributed by atoms with Gasteiger partial charge in [0.1, 0.15) is 17.8 Å². The molecule has 0 aliphatic rings. The van der Waals surface area contributed by atoms with Crippen molar-refractivity contribution in [2.45, 2.75) is 38.6 Å². The SMILES string of the molecule is CC(C)(C)OC(=O)NCC(O)C(O)c1ccc[nH]1. The van der Waals surface area contributed by atoms with Crippen LogP contribution >= 0.6 is 0 Å². The summed E-state index contributed by atoms with van der Waals surface area (Å²) in [5.74, 6) is 0. The van der Waals surface area contributed by atoms with Gasteiger partial charge in [-0.3, -0.25) is 0 Å². The van der Waals surface area contributed by atoms with Crippen LogP contribution in [0.25, 0.3) is 0 Å². The molecular weight excluding hydrogens is 236 g/mol. The first-order valence-electron chi connectivity index (χ1n) is 5.76. The van der Waals surface area contributed by atoms with Gasteiger partial charge in [0.25, 0.3) is 0 Å². The molecule has 0 aliphatic carbocycles. The maximum atomic E-state index is 11.3. The third kappa shape index (κ3) is 4.77. The summed E-state index contributed by atoms with van der Waals surface area (Å²) in [6, 6.07) is 3.37. The average Bonchev–Trinajstić information content (AvgIpc) is 2.75. The molecule has 1 aromatic heterocycles. The van der Waals surface area contributed by atoms with Crippen molar-refractivity contribution in [3.05, 3.63) is 24.0 Å². The number of H-pyrrole nitrogens is 1. The summed E-state index contributed by atoms with van der Waals surface area (Å²) in [4.78, 5) is 14.1. The van der Waals surface area contributed by atoms with Crippen LogP contribution in [0.15, 0.2) is 18.3 Å². The number of aliphatic hydroxyl groups excluding tert-OH is 2. The molecule has 0 fully saturated rings. The van der Waals surface area contributed by atoms with Gasteiger partial charge < -0.3 is 25.3 Å². The zero-order valence-corrected chi connectivity index (χ0v) is 10.8. The number of hydrogen-bond acceptors (Lipinski definition) is 4. The van der Waals surface area contributed by atoms with Crippen molar-refractivity contribution in [1.29, 1.82) is 0 Å². The number of aromatic nitrogens is 1. The summed E-state index contributed by atoms with van der Waals surface area (Å²) in [5.41, 5.74) is -0.0962.